The van der Waals surface area contributed by atoms with Crippen molar-refractivity contribution in [2.24, 2.45) is 0 Å². The van der Waals surface area contributed by atoms with E-state index in [1.54, 1.807) is 13.8 Å². The molecule has 26 heavy (non-hydrogen) atoms. The van der Waals surface area contributed by atoms with E-state index in [9.17, 15) is 23.3 Å². The van der Waals surface area contributed by atoms with Crippen molar-refractivity contribution >= 4 is 21.6 Å². The highest BCUT2D eigenvalue weighted by Gasteiger charge is 2.26. The monoisotopic (exact) mass is 389 g/mol. The Hall–Kier alpha value is -2.24. The van der Waals surface area contributed by atoms with Gasteiger partial charge in [-0.1, -0.05) is 13.8 Å². The van der Waals surface area contributed by atoms with E-state index in [-0.39, 0.29) is 30.3 Å². The number of benzene rings is 1. The van der Waals surface area contributed by atoms with E-state index in [2.05, 4.69) is 5.32 Å². The first kappa shape index (κ1) is 21.8. The number of methoxy groups -OCH3 is 1. The second-order valence-electron chi connectivity index (χ2n) is 5.11. The van der Waals surface area contributed by atoms with Gasteiger partial charge in [-0.3, -0.25) is 14.9 Å². The lowest BCUT2D eigenvalue weighted by atomic mass is 10.3. The van der Waals surface area contributed by atoms with Gasteiger partial charge in [0.1, 0.15) is 0 Å². The van der Waals surface area contributed by atoms with Crippen molar-refractivity contribution in [1.82, 2.24) is 9.62 Å². The number of nitrogens with zero attached hydrogens (tertiary/aromatic N) is 2. The van der Waals surface area contributed by atoms with Crippen molar-refractivity contribution < 1.29 is 27.6 Å². The number of nitrogens with one attached hydrogen (secondary N) is 1. The van der Waals surface area contributed by atoms with Crippen LogP contribution < -0.4 is 10.1 Å². The fourth-order valence-electron chi connectivity index (χ4n) is 2.12. The number of ether oxygens (including phenoxy) is 2. The van der Waals surface area contributed by atoms with Gasteiger partial charge in [-0.15, -0.1) is 0 Å². The number of hydrogen-bond acceptors (Lipinski definition) is 7. The molecule has 0 aromatic heterocycles. The molecule has 0 saturated carbocycles. The van der Waals surface area contributed by atoms with E-state index in [0.29, 0.717) is 6.61 Å². The van der Waals surface area contributed by atoms with E-state index in [4.69, 9.17) is 9.47 Å². The molecule has 0 fully saturated rings. The number of nitro groups is 1. The van der Waals surface area contributed by atoms with Gasteiger partial charge in [0.15, 0.2) is 12.4 Å². The molecular weight excluding hydrogens is 366 g/mol. The summed E-state index contributed by atoms with van der Waals surface area (Å²) < 4.78 is 36.1. The molecular formula is C15H23N3O7S. The minimum absolute atomic E-state index is 0.185. The Bertz CT molecular complexity index is 733. The van der Waals surface area contributed by atoms with Crippen LogP contribution in [0.5, 0.6) is 5.75 Å². The fraction of sp³-hybridized carbons (Fsp3) is 0.533. The lowest BCUT2D eigenvalue weighted by molar-refractivity contribution is -0.386. The molecule has 0 radical (unpaired) electrons. The third-order valence-electron chi connectivity index (χ3n) is 3.46. The molecule has 0 aliphatic heterocycles. The average molecular weight is 389 g/mol. The van der Waals surface area contributed by atoms with Crippen LogP contribution in [0.3, 0.4) is 0 Å². The van der Waals surface area contributed by atoms with Crippen LogP contribution in [0.15, 0.2) is 23.1 Å². The minimum atomic E-state index is -3.84. The van der Waals surface area contributed by atoms with E-state index in [1.807, 2.05) is 0 Å². The first-order valence-corrected chi connectivity index (χ1v) is 9.38. The predicted octanol–water partition coefficient (Wildman–Crippen LogP) is 0.767. The van der Waals surface area contributed by atoms with Crippen LogP contribution in [0.2, 0.25) is 0 Å². The summed E-state index contributed by atoms with van der Waals surface area (Å²) in [7, 11) is -2.35. The molecule has 0 aliphatic carbocycles. The molecule has 1 N–H and O–H groups in total. The van der Waals surface area contributed by atoms with Crippen LogP contribution in [0, 0.1) is 10.1 Å². The molecule has 1 aromatic carbocycles. The normalized spacial score (nSPS) is 11.4. The third kappa shape index (κ3) is 5.64. The molecule has 0 aliphatic rings. The molecule has 146 valence electrons. The standard InChI is InChI=1S/C15H23N3O7S/c1-4-17(5-2)26(22,23)12-6-7-14(13(10-12)18(20)21)25-11-15(19)16-8-9-24-3/h6-7,10H,4-5,8-9,11H2,1-3H3,(H,16,19). The van der Waals surface area contributed by atoms with Gasteiger partial charge in [-0.25, -0.2) is 8.42 Å². The second-order valence-corrected chi connectivity index (χ2v) is 7.05. The molecule has 0 heterocycles. The molecule has 0 atom stereocenters. The number of amides is 1. The van der Waals surface area contributed by atoms with E-state index < -0.39 is 33.1 Å². The van der Waals surface area contributed by atoms with Crippen LogP contribution in [0.1, 0.15) is 13.8 Å². The minimum Gasteiger partial charge on any atom is -0.477 e. The van der Waals surface area contributed by atoms with Gasteiger partial charge in [0.05, 0.1) is 16.4 Å². The van der Waals surface area contributed by atoms with Gasteiger partial charge in [0.2, 0.25) is 10.0 Å². The summed E-state index contributed by atoms with van der Waals surface area (Å²) in [5.74, 6) is -0.661. The van der Waals surface area contributed by atoms with Gasteiger partial charge < -0.3 is 14.8 Å². The predicted molar refractivity (Wildman–Crippen MR) is 93.6 cm³/mol. The van der Waals surface area contributed by atoms with Gasteiger partial charge >= 0.3 is 5.69 Å². The van der Waals surface area contributed by atoms with Crippen LogP contribution >= 0.6 is 0 Å². The van der Waals surface area contributed by atoms with Crippen molar-refractivity contribution in [2.45, 2.75) is 18.7 Å². The topological polar surface area (TPSA) is 128 Å². The van der Waals surface area contributed by atoms with E-state index in [0.717, 1.165) is 6.07 Å². The largest absolute Gasteiger partial charge is 0.477 e. The number of hydrogen-bond donors (Lipinski definition) is 1. The summed E-state index contributed by atoms with van der Waals surface area (Å²) in [5.41, 5.74) is -0.525. The molecule has 0 spiro atoms. The highest BCUT2D eigenvalue weighted by Crippen LogP contribution is 2.30. The highest BCUT2D eigenvalue weighted by molar-refractivity contribution is 7.89. The Kier molecular flexibility index (Phi) is 8.42. The molecule has 0 bridgehead atoms. The second kappa shape index (κ2) is 10.0. The van der Waals surface area contributed by atoms with Crippen LogP contribution in [0.4, 0.5) is 5.69 Å². The van der Waals surface area contributed by atoms with E-state index in [1.165, 1.54) is 23.5 Å². The number of nitro benzene ring substituents is 1. The number of carbonyl (C=O) groups is 1. The van der Waals surface area contributed by atoms with Gasteiger partial charge in [-0.2, -0.15) is 4.31 Å². The zero-order valence-corrected chi connectivity index (χ0v) is 15.7. The Morgan fingerprint density at radius 2 is 1.96 bits per heavy atom. The maximum atomic E-state index is 12.5. The highest BCUT2D eigenvalue weighted by atomic mass is 32.2. The van der Waals surface area contributed by atoms with E-state index >= 15 is 0 Å². The Balaban J connectivity index is 3.00. The third-order valence-corrected chi connectivity index (χ3v) is 5.50. The van der Waals surface area contributed by atoms with Crippen LogP contribution in [-0.2, 0) is 19.6 Å². The first-order valence-electron chi connectivity index (χ1n) is 7.94. The van der Waals surface area contributed by atoms with Crippen molar-refractivity contribution in [2.75, 3.05) is 40.0 Å². The molecule has 0 unspecified atom stereocenters. The fourth-order valence-corrected chi connectivity index (χ4v) is 3.60. The van der Waals surface area contributed by atoms with Gasteiger partial charge in [0, 0.05) is 32.8 Å². The number of rotatable bonds is 11. The van der Waals surface area contributed by atoms with Crippen LogP contribution in [0.25, 0.3) is 0 Å². The maximum Gasteiger partial charge on any atom is 0.312 e. The number of sulfonamides is 1. The molecule has 1 aromatic rings. The Morgan fingerprint density at radius 3 is 2.50 bits per heavy atom. The summed E-state index contributed by atoms with van der Waals surface area (Å²) in [6.07, 6.45) is 0. The summed E-state index contributed by atoms with van der Waals surface area (Å²) in [5, 5.41) is 13.8. The van der Waals surface area contributed by atoms with Crippen molar-refractivity contribution in [3.05, 3.63) is 28.3 Å². The van der Waals surface area contributed by atoms with Gasteiger partial charge in [0.25, 0.3) is 5.91 Å². The molecule has 10 nitrogen and oxygen atoms in total. The lowest BCUT2D eigenvalue weighted by Crippen LogP contribution is -2.31. The van der Waals surface area contributed by atoms with Crippen LogP contribution in [-0.4, -0.2) is 63.5 Å². The summed E-state index contributed by atoms with van der Waals surface area (Å²) in [4.78, 5) is 21.9. The molecule has 1 amide bonds. The lowest BCUT2D eigenvalue weighted by Gasteiger charge is -2.18. The maximum absolute atomic E-state index is 12.5. The zero-order valence-electron chi connectivity index (χ0n) is 14.9. The molecule has 0 saturated heterocycles. The van der Waals surface area contributed by atoms with Gasteiger partial charge in [-0.05, 0) is 12.1 Å². The SMILES string of the molecule is CCN(CC)S(=O)(=O)c1ccc(OCC(=O)NCCOC)c([N+](=O)[O-])c1. The van der Waals surface area contributed by atoms with Crippen molar-refractivity contribution in [1.29, 1.82) is 0 Å². The quantitative estimate of drug-likeness (QED) is 0.336. The molecule has 11 heteroatoms. The zero-order chi connectivity index (χ0) is 19.7. The average Bonchev–Trinajstić information content (AvgIpc) is 2.60. The summed E-state index contributed by atoms with van der Waals surface area (Å²) in [6.45, 7) is 4.00. The van der Waals surface area contributed by atoms with Crippen molar-refractivity contribution in [3.63, 3.8) is 0 Å². The Morgan fingerprint density at radius 1 is 1.31 bits per heavy atom. The van der Waals surface area contributed by atoms with Crippen molar-refractivity contribution in [3.8, 4) is 5.75 Å². The number of carbonyl (C=O) groups excluding carboxylic acids is 1. The summed E-state index contributed by atoms with van der Waals surface area (Å²) >= 11 is 0. The first-order chi connectivity index (χ1) is 12.3. The summed E-state index contributed by atoms with van der Waals surface area (Å²) in [6, 6.07) is 3.33. The Labute approximate surface area is 152 Å². The smallest absolute Gasteiger partial charge is 0.312 e. The molecule has 1 rings (SSSR count).